The lowest BCUT2D eigenvalue weighted by Crippen LogP contribution is -2.25. The molecule has 0 spiro atoms. The molecular weight excluding hydrogens is 284 g/mol. The molecule has 1 aromatic heterocycles. The van der Waals surface area contributed by atoms with Gasteiger partial charge in [0.15, 0.2) is 0 Å². The van der Waals surface area contributed by atoms with Crippen LogP contribution in [0.5, 0.6) is 0 Å². The summed E-state index contributed by atoms with van der Waals surface area (Å²) in [5, 5.41) is 16.3. The highest BCUT2D eigenvalue weighted by Crippen LogP contribution is 2.36. The van der Waals surface area contributed by atoms with E-state index in [4.69, 9.17) is 5.73 Å². The third-order valence-electron chi connectivity index (χ3n) is 4.20. The van der Waals surface area contributed by atoms with E-state index in [1.165, 1.54) is 37.0 Å². The van der Waals surface area contributed by atoms with Crippen LogP contribution in [-0.2, 0) is 0 Å². The van der Waals surface area contributed by atoms with Crippen LogP contribution in [0.4, 0.5) is 10.7 Å². The first-order chi connectivity index (χ1) is 10.2. The highest BCUT2D eigenvalue weighted by Gasteiger charge is 2.27. The fraction of sp³-hybridized carbons (Fsp3) is 0.600. The maximum Gasteiger partial charge on any atom is 0.263 e. The molecule has 0 unspecified atom stereocenters. The summed E-state index contributed by atoms with van der Waals surface area (Å²) in [5.41, 5.74) is 6.71. The van der Waals surface area contributed by atoms with E-state index in [1.807, 2.05) is 0 Å². The Bertz CT molecular complexity index is 579. The largest absolute Gasteiger partial charge is 0.396 e. The topological polar surface area (TPSA) is 90.9 Å². The SMILES string of the molecule is N#Cc1c(NCC2CCCC2)sc(C(=O)NC2CC2)c1N. The third-order valence-corrected chi connectivity index (χ3v) is 5.36. The molecule has 2 fully saturated rings. The van der Waals surface area contributed by atoms with Crippen LogP contribution in [0.25, 0.3) is 0 Å². The Balaban J connectivity index is 1.72. The molecule has 2 aliphatic rings. The number of anilines is 2. The summed E-state index contributed by atoms with van der Waals surface area (Å²) in [5.74, 6) is 0.522. The number of thiophene rings is 1. The Kier molecular flexibility index (Phi) is 4.02. The lowest BCUT2D eigenvalue weighted by Gasteiger charge is -2.10. The molecule has 0 bridgehead atoms. The number of nitrogen functional groups attached to an aromatic ring is 1. The van der Waals surface area contributed by atoms with Gasteiger partial charge in [-0.05, 0) is 31.6 Å². The van der Waals surface area contributed by atoms with Gasteiger partial charge in [-0.25, -0.2) is 0 Å². The summed E-state index contributed by atoms with van der Waals surface area (Å²) in [7, 11) is 0. The van der Waals surface area contributed by atoms with E-state index >= 15 is 0 Å². The van der Waals surface area contributed by atoms with E-state index in [9.17, 15) is 10.1 Å². The minimum atomic E-state index is -0.148. The Morgan fingerprint density at radius 3 is 2.67 bits per heavy atom. The number of carbonyl (C=O) groups is 1. The van der Waals surface area contributed by atoms with Crippen LogP contribution in [0.1, 0.15) is 53.8 Å². The molecule has 3 rings (SSSR count). The van der Waals surface area contributed by atoms with Crippen molar-refractivity contribution >= 4 is 27.9 Å². The molecule has 1 aromatic rings. The quantitative estimate of drug-likeness (QED) is 0.780. The number of hydrogen-bond acceptors (Lipinski definition) is 5. The van der Waals surface area contributed by atoms with Gasteiger partial charge in [-0.1, -0.05) is 12.8 Å². The molecule has 1 heterocycles. The molecule has 112 valence electrons. The van der Waals surface area contributed by atoms with Crippen LogP contribution in [0.2, 0.25) is 0 Å². The van der Waals surface area contributed by atoms with Crippen molar-refractivity contribution in [2.45, 2.75) is 44.6 Å². The summed E-state index contributed by atoms with van der Waals surface area (Å²) >= 11 is 1.30. The number of nitrogens with two attached hydrogens (primary N) is 1. The predicted molar refractivity (Wildman–Crippen MR) is 84.4 cm³/mol. The van der Waals surface area contributed by atoms with Crippen molar-refractivity contribution in [1.29, 1.82) is 5.26 Å². The molecule has 21 heavy (non-hydrogen) atoms. The third kappa shape index (κ3) is 3.13. The molecule has 2 aliphatic carbocycles. The second kappa shape index (κ2) is 5.94. The molecule has 0 aromatic carbocycles. The van der Waals surface area contributed by atoms with Gasteiger partial charge in [-0.3, -0.25) is 4.79 Å². The molecule has 0 radical (unpaired) electrons. The van der Waals surface area contributed by atoms with Crippen LogP contribution in [-0.4, -0.2) is 18.5 Å². The Morgan fingerprint density at radius 2 is 2.05 bits per heavy atom. The minimum Gasteiger partial charge on any atom is -0.396 e. The van der Waals surface area contributed by atoms with Crippen LogP contribution < -0.4 is 16.4 Å². The first kappa shape index (κ1) is 14.2. The summed E-state index contributed by atoms with van der Waals surface area (Å²) in [6.07, 6.45) is 7.14. The summed E-state index contributed by atoms with van der Waals surface area (Å²) in [6.45, 7) is 0.859. The average molecular weight is 304 g/mol. The van der Waals surface area contributed by atoms with E-state index < -0.39 is 0 Å². The summed E-state index contributed by atoms with van der Waals surface area (Å²) in [6, 6.07) is 2.42. The van der Waals surface area contributed by atoms with Crippen molar-refractivity contribution in [2.24, 2.45) is 5.92 Å². The number of hydrogen-bond donors (Lipinski definition) is 3. The predicted octanol–water partition coefficient (Wildman–Crippen LogP) is 2.70. The van der Waals surface area contributed by atoms with Gasteiger partial charge in [-0.15, -0.1) is 11.3 Å². The van der Waals surface area contributed by atoms with Gasteiger partial charge in [0.05, 0.1) is 5.69 Å². The lowest BCUT2D eigenvalue weighted by atomic mass is 10.1. The normalized spacial score (nSPS) is 18.4. The fourth-order valence-electron chi connectivity index (χ4n) is 2.78. The van der Waals surface area contributed by atoms with Gasteiger partial charge in [0.2, 0.25) is 0 Å². The number of nitriles is 1. The van der Waals surface area contributed by atoms with E-state index in [-0.39, 0.29) is 5.91 Å². The van der Waals surface area contributed by atoms with E-state index in [0.717, 1.165) is 24.4 Å². The smallest absolute Gasteiger partial charge is 0.263 e. The van der Waals surface area contributed by atoms with E-state index in [1.54, 1.807) is 0 Å². The first-order valence-corrected chi connectivity index (χ1v) is 8.37. The van der Waals surface area contributed by atoms with Crippen LogP contribution >= 0.6 is 11.3 Å². The van der Waals surface area contributed by atoms with Gasteiger partial charge in [-0.2, -0.15) is 5.26 Å². The fourth-order valence-corrected chi connectivity index (χ4v) is 3.76. The van der Waals surface area contributed by atoms with Crippen LogP contribution in [0.15, 0.2) is 0 Å². The second-order valence-corrected chi connectivity index (χ2v) is 6.96. The highest BCUT2D eigenvalue weighted by atomic mass is 32.1. The molecule has 0 saturated heterocycles. The molecule has 0 atom stereocenters. The maximum absolute atomic E-state index is 12.1. The van der Waals surface area contributed by atoms with Crippen molar-refractivity contribution in [3.8, 4) is 6.07 Å². The van der Waals surface area contributed by atoms with E-state index in [0.29, 0.717) is 28.1 Å². The molecule has 4 N–H and O–H groups in total. The second-order valence-electron chi connectivity index (χ2n) is 5.94. The average Bonchev–Trinajstić information content (AvgIpc) is 3.02. The molecule has 1 amide bonds. The molecule has 5 nitrogen and oxygen atoms in total. The van der Waals surface area contributed by atoms with Crippen molar-refractivity contribution in [3.05, 3.63) is 10.4 Å². The zero-order chi connectivity index (χ0) is 14.8. The molecule has 0 aliphatic heterocycles. The van der Waals surface area contributed by atoms with Crippen molar-refractivity contribution in [2.75, 3.05) is 17.6 Å². The number of amides is 1. The van der Waals surface area contributed by atoms with Gasteiger partial charge >= 0.3 is 0 Å². The number of nitrogens with one attached hydrogen (secondary N) is 2. The highest BCUT2D eigenvalue weighted by molar-refractivity contribution is 7.18. The van der Waals surface area contributed by atoms with Crippen molar-refractivity contribution < 1.29 is 4.79 Å². The minimum absolute atomic E-state index is 0.148. The zero-order valence-electron chi connectivity index (χ0n) is 11.9. The maximum atomic E-state index is 12.1. The Labute approximate surface area is 128 Å². The molecule has 2 saturated carbocycles. The summed E-state index contributed by atoms with van der Waals surface area (Å²) in [4.78, 5) is 12.6. The molecule has 6 heteroatoms. The number of nitrogens with zero attached hydrogens (tertiary/aromatic N) is 1. The van der Waals surface area contributed by atoms with Gasteiger partial charge < -0.3 is 16.4 Å². The summed E-state index contributed by atoms with van der Waals surface area (Å²) < 4.78 is 0. The van der Waals surface area contributed by atoms with Crippen molar-refractivity contribution in [3.63, 3.8) is 0 Å². The van der Waals surface area contributed by atoms with Gasteiger partial charge in [0, 0.05) is 12.6 Å². The first-order valence-electron chi connectivity index (χ1n) is 7.56. The standard InChI is InChI=1S/C15H20N4OS/c16-7-11-12(17)13(14(20)19-10-5-6-10)21-15(11)18-8-9-3-1-2-4-9/h9-10,18H,1-6,8,17H2,(H,19,20). The monoisotopic (exact) mass is 304 g/mol. The van der Waals surface area contributed by atoms with Gasteiger partial charge in [0.1, 0.15) is 21.5 Å². The Hall–Kier alpha value is -1.74. The van der Waals surface area contributed by atoms with E-state index in [2.05, 4.69) is 16.7 Å². The van der Waals surface area contributed by atoms with Crippen LogP contribution in [0, 0.1) is 17.2 Å². The number of rotatable bonds is 5. The number of carbonyl (C=O) groups excluding carboxylic acids is 1. The van der Waals surface area contributed by atoms with Crippen molar-refractivity contribution in [1.82, 2.24) is 5.32 Å². The zero-order valence-corrected chi connectivity index (χ0v) is 12.8. The molecular formula is C15H20N4OS. The van der Waals surface area contributed by atoms with Crippen LogP contribution in [0.3, 0.4) is 0 Å². The Morgan fingerprint density at radius 1 is 1.33 bits per heavy atom. The lowest BCUT2D eigenvalue weighted by molar-refractivity contribution is 0.0956. The van der Waals surface area contributed by atoms with Gasteiger partial charge in [0.25, 0.3) is 5.91 Å².